The monoisotopic (exact) mass is 308 g/mol. The largest absolute Gasteiger partial charge is 0.465 e. The zero-order valence-electron chi connectivity index (χ0n) is 12.1. The minimum Gasteiger partial charge on any atom is -0.465 e. The molecule has 1 aromatic carbocycles. The molecule has 0 aliphatic carbocycles. The number of ether oxygens (including phenoxy) is 1. The summed E-state index contributed by atoms with van der Waals surface area (Å²) in [4.78, 5) is 25.2. The molecule has 1 fully saturated rings. The molecule has 5 nitrogen and oxygen atoms in total. The van der Waals surface area contributed by atoms with Gasteiger partial charge in [-0.05, 0) is 24.6 Å². The molecule has 6 heteroatoms. The Kier molecular flexibility index (Phi) is 5.64. The van der Waals surface area contributed by atoms with Gasteiger partial charge in [0.1, 0.15) is 6.04 Å². The van der Waals surface area contributed by atoms with E-state index in [0.29, 0.717) is 18.7 Å². The summed E-state index contributed by atoms with van der Waals surface area (Å²) in [6, 6.07) is 7.00. The number of benzene rings is 1. The Balaban J connectivity index is 2.04. The molecule has 0 aromatic heterocycles. The maximum Gasteiger partial charge on any atom is 0.324 e. The van der Waals surface area contributed by atoms with Gasteiger partial charge in [0.25, 0.3) is 0 Å². The fourth-order valence-corrected chi connectivity index (χ4v) is 3.39. The summed E-state index contributed by atoms with van der Waals surface area (Å²) >= 11 is 1.77. The van der Waals surface area contributed by atoms with Gasteiger partial charge in [-0.15, -0.1) is 0 Å². The van der Waals surface area contributed by atoms with E-state index in [-0.39, 0.29) is 12.0 Å². The predicted molar refractivity (Wildman–Crippen MR) is 83.1 cm³/mol. The van der Waals surface area contributed by atoms with Crippen LogP contribution in [-0.2, 0) is 16.1 Å². The van der Waals surface area contributed by atoms with Gasteiger partial charge in [0.05, 0.1) is 6.61 Å². The van der Waals surface area contributed by atoms with Crippen molar-refractivity contribution in [3.8, 4) is 0 Å². The molecule has 1 amide bonds. The van der Waals surface area contributed by atoms with Crippen LogP contribution >= 0.6 is 11.8 Å². The number of rotatable bonds is 5. The van der Waals surface area contributed by atoms with Crippen molar-refractivity contribution in [3.63, 3.8) is 0 Å². The first-order chi connectivity index (χ1) is 10.1. The first-order valence-corrected chi connectivity index (χ1v) is 8.14. The number of carbonyl (C=O) groups excluding carboxylic acids is 2. The second kappa shape index (κ2) is 7.47. The van der Waals surface area contributed by atoms with Crippen LogP contribution in [0, 0.1) is 0 Å². The molecule has 1 saturated heterocycles. The lowest BCUT2D eigenvalue weighted by atomic mass is 10.1. The number of amides is 1. The van der Waals surface area contributed by atoms with Crippen LogP contribution in [0.4, 0.5) is 0 Å². The minimum atomic E-state index is -0.430. The molecule has 21 heavy (non-hydrogen) atoms. The Morgan fingerprint density at radius 2 is 2.10 bits per heavy atom. The fraction of sp³-hybridized carbons (Fsp3) is 0.467. The molecule has 1 atom stereocenters. The van der Waals surface area contributed by atoms with E-state index in [9.17, 15) is 9.59 Å². The van der Waals surface area contributed by atoms with E-state index in [1.54, 1.807) is 23.9 Å². The average molecular weight is 308 g/mol. The average Bonchev–Trinajstić information content (AvgIpc) is 2.48. The third-order valence-corrected chi connectivity index (χ3v) is 4.44. The first kappa shape index (κ1) is 15.9. The molecule has 0 unspecified atom stereocenters. The summed E-state index contributed by atoms with van der Waals surface area (Å²) in [6.07, 6.45) is 0. The van der Waals surface area contributed by atoms with Crippen LogP contribution in [0.25, 0.3) is 0 Å². The van der Waals surface area contributed by atoms with E-state index in [2.05, 4.69) is 4.90 Å². The van der Waals surface area contributed by atoms with Crippen molar-refractivity contribution in [2.45, 2.75) is 19.5 Å². The summed E-state index contributed by atoms with van der Waals surface area (Å²) in [5.74, 6) is 1.19. The SMILES string of the molecule is CCOC(=O)[C@@H]1CSCCN1Cc1ccc(C(N)=O)cc1. The zero-order valence-corrected chi connectivity index (χ0v) is 12.9. The number of hydrogen-bond donors (Lipinski definition) is 1. The second-order valence-electron chi connectivity index (χ2n) is 4.87. The normalized spacial score (nSPS) is 19.2. The van der Waals surface area contributed by atoms with Gasteiger partial charge < -0.3 is 10.5 Å². The van der Waals surface area contributed by atoms with Gasteiger partial charge in [-0.25, -0.2) is 0 Å². The molecule has 0 saturated carbocycles. The lowest BCUT2D eigenvalue weighted by Gasteiger charge is -2.33. The van der Waals surface area contributed by atoms with E-state index in [4.69, 9.17) is 10.5 Å². The summed E-state index contributed by atoms with van der Waals surface area (Å²) in [5.41, 5.74) is 6.78. The topological polar surface area (TPSA) is 72.6 Å². The number of nitrogens with two attached hydrogens (primary N) is 1. The van der Waals surface area contributed by atoms with Crippen molar-refractivity contribution in [3.05, 3.63) is 35.4 Å². The molecule has 1 aromatic rings. The molecule has 0 spiro atoms. The van der Waals surface area contributed by atoms with E-state index < -0.39 is 5.91 Å². The van der Waals surface area contributed by atoms with Crippen molar-refractivity contribution >= 4 is 23.6 Å². The van der Waals surface area contributed by atoms with Gasteiger partial charge in [0.15, 0.2) is 0 Å². The number of thioether (sulfide) groups is 1. The highest BCUT2D eigenvalue weighted by atomic mass is 32.2. The van der Waals surface area contributed by atoms with Crippen LogP contribution in [0.2, 0.25) is 0 Å². The van der Waals surface area contributed by atoms with Gasteiger partial charge in [0, 0.05) is 30.2 Å². The van der Waals surface area contributed by atoms with E-state index in [1.807, 2.05) is 19.1 Å². The Labute approximate surface area is 128 Å². The Morgan fingerprint density at radius 3 is 2.71 bits per heavy atom. The number of carbonyl (C=O) groups is 2. The van der Waals surface area contributed by atoms with Crippen molar-refractivity contribution in [1.82, 2.24) is 4.90 Å². The maximum absolute atomic E-state index is 12.0. The summed E-state index contributed by atoms with van der Waals surface area (Å²) < 4.78 is 5.14. The summed E-state index contributed by atoms with van der Waals surface area (Å²) in [7, 11) is 0. The molecular formula is C15H20N2O3S. The number of esters is 1. The van der Waals surface area contributed by atoms with Crippen LogP contribution in [0.5, 0.6) is 0 Å². The van der Waals surface area contributed by atoms with Gasteiger partial charge >= 0.3 is 5.97 Å². The standard InChI is InChI=1S/C15H20N2O3S/c1-2-20-15(19)13-10-21-8-7-17(13)9-11-3-5-12(6-4-11)14(16)18/h3-6,13H,2,7-10H2,1H3,(H2,16,18)/t13-/m0/s1. The van der Waals surface area contributed by atoms with Crippen LogP contribution in [0.15, 0.2) is 24.3 Å². The maximum atomic E-state index is 12.0. The van der Waals surface area contributed by atoms with Crippen LogP contribution < -0.4 is 5.73 Å². The van der Waals surface area contributed by atoms with Crippen molar-refractivity contribution < 1.29 is 14.3 Å². The summed E-state index contributed by atoms with van der Waals surface area (Å²) in [6.45, 7) is 3.75. The van der Waals surface area contributed by atoms with E-state index >= 15 is 0 Å². The highest BCUT2D eigenvalue weighted by Crippen LogP contribution is 2.20. The van der Waals surface area contributed by atoms with E-state index in [0.717, 1.165) is 23.6 Å². The number of nitrogens with zero attached hydrogens (tertiary/aromatic N) is 1. The molecular weight excluding hydrogens is 288 g/mol. The van der Waals surface area contributed by atoms with Gasteiger partial charge in [-0.1, -0.05) is 12.1 Å². The lowest BCUT2D eigenvalue weighted by Crippen LogP contribution is -2.47. The Bertz CT molecular complexity index is 504. The third kappa shape index (κ3) is 4.22. The highest BCUT2D eigenvalue weighted by molar-refractivity contribution is 7.99. The van der Waals surface area contributed by atoms with Crippen molar-refractivity contribution in [1.29, 1.82) is 0 Å². The van der Waals surface area contributed by atoms with Gasteiger partial charge in [-0.3, -0.25) is 14.5 Å². The van der Waals surface area contributed by atoms with Crippen molar-refractivity contribution in [2.24, 2.45) is 5.73 Å². The minimum absolute atomic E-state index is 0.154. The zero-order chi connectivity index (χ0) is 15.2. The second-order valence-corrected chi connectivity index (χ2v) is 6.02. The molecule has 2 rings (SSSR count). The van der Waals surface area contributed by atoms with Crippen molar-refractivity contribution in [2.75, 3.05) is 24.7 Å². The third-order valence-electron chi connectivity index (χ3n) is 3.42. The molecule has 114 valence electrons. The molecule has 1 aliphatic rings. The molecule has 0 radical (unpaired) electrons. The van der Waals surface area contributed by atoms with Crippen LogP contribution in [-0.4, -0.2) is 47.5 Å². The predicted octanol–water partition coefficient (Wildman–Crippen LogP) is 1.27. The fourth-order valence-electron chi connectivity index (χ4n) is 2.29. The quantitative estimate of drug-likeness (QED) is 0.829. The smallest absolute Gasteiger partial charge is 0.324 e. The van der Waals surface area contributed by atoms with Crippen LogP contribution in [0.3, 0.4) is 0 Å². The number of hydrogen-bond acceptors (Lipinski definition) is 5. The van der Waals surface area contributed by atoms with Gasteiger partial charge in [0.2, 0.25) is 5.91 Å². The first-order valence-electron chi connectivity index (χ1n) is 6.99. The lowest BCUT2D eigenvalue weighted by molar-refractivity contribution is -0.148. The molecule has 2 N–H and O–H groups in total. The van der Waals surface area contributed by atoms with E-state index in [1.165, 1.54) is 0 Å². The van der Waals surface area contributed by atoms with Crippen LogP contribution in [0.1, 0.15) is 22.8 Å². The molecule has 0 bridgehead atoms. The molecule has 1 aliphatic heterocycles. The Hall–Kier alpha value is -1.53. The summed E-state index contributed by atoms with van der Waals surface area (Å²) in [5, 5.41) is 0. The Morgan fingerprint density at radius 1 is 1.38 bits per heavy atom. The molecule has 1 heterocycles. The van der Waals surface area contributed by atoms with Gasteiger partial charge in [-0.2, -0.15) is 11.8 Å². The number of primary amides is 1. The highest BCUT2D eigenvalue weighted by Gasteiger charge is 2.30.